The molecule has 0 spiro atoms. The number of ether oxygens (including phenoxy) is 1. The zero-order chi connectivity index (χ0) is 16.4. The van der Waals surface area contributed by atoms with Gasteiger partial charge in [-0.1, -0.05) is 6.07 Å². The molecule has 1 rings (SSSR count). The fourth-order valence-electron chi connectivity index (χ4n) is 1.57. The highest BCUT2D eigenvalue weighted by Crippen LogP contribution is 2.11. The SMILES string of the molecule is COCCCN/C=C(/C#N)C(=O)Nc1cccc(C(=O)O)c1. The number of amides is 1. The standard InChI is InChI=1S/C15H17N3O4/c1-22-7-3-6-17-10-12(9-16)14(19)18-13-5-2-4-11(8-13)15(20)21/h2,4-5,8,10,17H,3,6-7H2,1H3,(H,18,19)(H,20,21)/b12-10-. The Hall–Kier alpha value is -2.85. The van der Waals surface area contributed by atoms with Gasteiger partial charge in [0.05, 0.1) is 5.56 Å². The number of carbonyl (C=O) groups excluding carboxylic acids is 1. The highest BCUT2D eigenvalue weighted by molar-refractivity contribution is 6.06. The Morgan fingerprint density at radius 3 is 2.86 bits per heavy atom. The molecule has 0 saturated carbocycles. The van der Waals surface area contributed by atoms with Crippen LogP contribution in [0.25, 0.3) is 0 Å². The Bertz CT molecular complexity index is 605. The smallest absolute Gasteiger partial charge is 0.335 e. The van der Waals surface area contributed by atoms with Gasteiger partial charge in [-0.15, -0.1) is 0 Å². The molecule has 0 fully saturated rings. The molecule has 1 aromatic rings. The topological polar surface area (TPSA) is 111 Å². The number of methoxy groups -OCH3 is 1. The number of nitriles is 1. The normalized spacial score (nSPS) is 10.6. The van der Waals surface area contributed by atoms with E-state index in [1.807, 2.05) is 0 Å². The van der Waals surface area contributed by atoms with Crippen LogP contribution in [0.4, 0.5) is 5.69 Å². The van der Waals surface area contributed by atoms with E-state index in [-0.39, 0.29) is 11.1 Å². The fourth-order valence-corrected chi connectivity index (χ4v) is 1.57. The lowest BCUT2D eigenvalue weighted by atomic mass is 10.2. The lowest BCUT2D eigenvalue weighted by molar-refractivity contribution is -0.112. The predicted molar refractivity (Wildman–Crippen MR) is 80.2 cm³/mol. The molecule has 0 unspecified atom stereocenters. The molecule has 0 saturated heterocycles. The van der Waals surface area contributed by atoms with Gasteiger partial charge in [0.2, 0.25) is 0 Å². The number of hydrogen-bond donors (Lipinski definition) is 3. The van der Waals surface area contributed by atoms with Crippen LogP contribution >= 0.6 is 0 Å². The Kier molecular flexibility index (Phi) is 7.16. The van der Waals surface area contributed by atoms with Crippen LogP contribution < -0.4 is 10.6 Å². The van der Waals surface area contributed by atoms with Gasteiger partial charge in [-0.2, -0.15) is 5.26 Å². The highest BCUT2D eigenvalue weighted by Gasteiger charge is 2.10. The van der Waals surface area contributed by atoms with Crippen molar-refractivity contribution in [2.75, 3.05) is 25.6 Å². The summed E-state index contributed by atoms with van der Waals surface area (Å²) in [6.45, 7) is 1.15. The molecular weight excluding hydrogens is 286 g/mol. The predicted octanol–water partition coefficient (Wildman–Crippen LogP) is 1.36. The van der Waals surface area contributed by atoms with E-state index in [1.165, 1.54) is 24.4 Å². The number of benzene rings is 1. The Balaban J connectivity index is 2.65. The lowest BCUT2D eigenvalue weighted by Crippen LogP contribution is -2.18. The number of anilines is 1. The number of rotatable bonds is 8. The number of carboxylic acid groups (broad SMARTS) is 1. The molecule has 0 heterocycles. The summed E-state index contributed by atoms with van der Waals surface area (Å²) < 4.78 is 4.88. The van der Waals surface area contributed by atoms with E-state index in [2.05, 4.69) is 10.6 Å². The summed E-state index contributed by atoms with van der Waals surface area (Å²) in [7, 11) is 1.59. The number of hydrogen-bond acceptors (Lipinski definition) is 5. The van der Waals surface area contributed by atoms with Crippen LogP contribution in [-0.4, -0.2) is 37.2 Å². The zero-order valence-electron chi connectivity index (χ0n) is 12.1. The molecule has 0 aliphatic carbocycles. The minimum Gasteiger partial charge on any atom is -0.478 e. The molecule has 0 bridgehead atoms. The average molecular weight is 303 g/mol. The second-order valence-electron chi connectivity index (χ2n) is 4.31. The molecule has 0 aromatic heterocycles. The maximum Gasteiger partial charge on any atom is 0.335 e. The first kappa shape index (κ1) is 17.2. The molecule has 1 aromatic carbocycles. The van der Waals surface area contributed by atoms with Crippen molar-refractivity contribution < 1.29 is 19.4 Å². The molecule has 7 heteroatoms. The lowest BCUT2D eigenvalue weighted by Gasteiger charge is -2.06. The molecule has 116 valence electrons. The molecule has 0 atom stereocenters. The molecule has 0 radical (unpaired) electrons. The van der Waals surface area contributed by atoms with Crippen molar-refractivity contribution in [1.82, 2.24) is 5.32 Å². The van der Waals surface area contributed by atoms with Crippen molar-refractivity contribution in [2.24, 2.45) is 0 Å². The minimum atomic E-state index is -1.09. The molecule has 3 N–H and O–H groups in total. The van der Waals surface area contributed by atoms with E-state index < -0.39 is 11.9 Å². The summed E-state index contributed by atoms with van der Waals surface area (Å²) in [4.78, 5) is 22.8. The highest BCUT2D eigenvalue weighted by atomic mass is 16.5. The van der Waals surface area contributed by atoms with Crippen molar-refractivity contribution in [2.45, 2.75) is 6.42 Å². The van der Waals surface area contributed by atoms with Crippen LogP contribution in [0.5, 0.6) is 0 Å². The van der Waals surface area contributed by atoms with Gasteiger partial charge in [-0.05, 0) is 24.6 Å². The van der Waals surface area contributed by atoms with Crippen molar-refractivity contribution >= 4 is 17.6 Å². The minimum absolute atomic E-state index is 0.0537. The molecule has 0 aliphatic rings. The third-order valence-electron chi connectivity index (χ3n) is 2.65. The van der Waals surface area contributed by atoms with Gasteiger partial charge in [0.15, 0.2) is 0 Å². The maximum absolute atomic E-state index is 11.9. The van der Waals surface area contributed by atoms with E-state index >= 15 is 0 Å². The van der Waals surface area contributed by atoms with Gasteiger partial charge in [0, 0.05) is 32.1 Å². The van der Waals surface area contributed by atoms with Crippen LogP contribution in [-0.2, 0) is 9.53 Å². The van der Waals surface area contributed by atoms with Crippen LogP contribution in [0.1, 0.15) is 16.8 Å². The van der Waals surface area contributed by atoms with Crippen molar-refractivity contribution in [3.8, 4) is 6.07 Å². The van der Waals surface area contributed by atoms with Gasteiger partial charge in [-0.3, -0.25) is 4.79 Å². The summed E-state index contributed by atoms with van der Waals surface area (Å²) >= 11 is 0. The van der Waals surface area contributed by atoms with Gasteiger partial charge in [0.1, 0.15) is 11.6 Å². The number of carbonyl (C=O) groups is 2. The van der Waals surface area contributed by atoms with Crippen LogP contribution in [0.2, 0.25) is 0 Å². The first-order chi connectivity index (χ1) is 10.6. The molecule has 0 aliphatic heterocycles. The molecular formula is C15H17N3O4. The number of aromatic carboxylic acids is 1. The Labute approximate surface area is 128 Å². The van der Waals surface area contributed by atoms with Gasteiger partial charge >= 0.3 is 5.97 Å². The average Bonchev–Trinajstić information content (AvgIpc) is 2.51. The first-order valence-corrected chi connectivity index (χ1v) is 6.55. The Morgan fingerprint density at radius 1 is 1.45 bits per heavy atom. The van der Waals surface area contributed by atoms with Crippen molar-refractivity contribution in [3.05, 3.63) is 41.6 Å². The van der Waals surface area contributed by atoms with Crippen molar-refractivity contribution in [3.63, 3.8) is 0 Å². The molecule has 22 heavy (non-hydrogen) atoms. The summed E-state index contributed by atoms with van der Waals surface area (Å²) in [5.74, 6) is -1.70. The third kappa shape index (κ3) is 5.64. The molecule has 7 nitrogen and oxygen atoms in total. The van der Waals surface area contributed by atoms with E-state index in [9.17, 15) is 9.59 Å². The van der Waals surface area contributed by atoms with E-state index in [4.69, 9.17) is 15.1 Å². The second-order valence-corrected chi connectivity index (χ2v) is 4.31. The van der Waals surface area contributed by atoms with Gasteiger partial charge < -0.3 is 20.5 Å². The summed E-state index contributed by atoms with van der Waals surface area (Å²) in [6, 6.07) is 7.58. The quantitative estimate of drug-likeness (QED) is 0.380. The van der Waals surface area contributed by atoms with E-state index in [0.29, 0.717) is 18.8 Å². The largest absolute Gasteiger partial charge is 0.478 e. The van der Waals surface area contributed by atoms with Crippen LogP contribution in [0, 0.1) is 11.3 Å². The van der Waals surface area contributed by atoms with Crippen LogP contribution in [0.3, 0.4) is 0 Å². The van der Waals surface area contributed by atoms with Gasteiger partial charge in [0.25, 0.3) is 5.91 Å². The van der Waals surface area contributed by atoms with E-state index in [1.54, 1.807) is 19.2 Å². The summed E-state index contributed by atoms with van der Waals surface area (Å²) in [5, 5.41) is 23.2. The van der Waals surface area contributed by atoms with Gasteiger partial charge in [-0.25, -0.2) is 4.79 Å². The number of nitrogens with zero attached hydrogens (tertiary/aromatic N) is 1. The van der Waals surface area contributed by atoms with E-state index in [0.717, 1.165) is 6.42 Å². The third-order valence-corrected chi connectivity index (χ3v) is 2.65. The first-order valence-electron chi connectivity index (χ1n) is 6.55. The zero-order valence-corrected chi connectivity index (χ0v) is 12.1. The second kappa shape index (κ2) is 9.15. The van der Waals surface area contributed by atoms with Crippen LogP contribution in [0.15, 0.2) is 36.0 Å². The van der Waals surface area contributed by atoms with Crippen molar-refractivity contribution in [1.29, 1.82) is 5.26 Å². The fraction of sp³-hybridized carbons (Fsp3) is 0.267. The number of nitrogens with one attached hydrogen (secondary N) is 2. The summed E-state index contributed by atoms with van der Waals surface area (Å²) in [5.41, 5.74) is 0.265. The monoisotopic (exact) mass is 303 g/mol. The number of carboxylic acids is 1. The summed E-state index contributed by atoms with van der Waals surface area (Å²) in [6.07, 6.45) is 2.07. The molecule has 1 amide bonds. The maximum atomic E-state index is 11.9. The Morgan fingerprint density at radius 2 is 2.23 bits per heavy atom.